The molecule has 0 radical (unpaired) electrons. The van der Waals surface area contributed by atoms with Crippen molar-refractivity contribution >= 4 is 34.0 Å². The van der Waals surface area contributed by atoms with Crippen LogP contribution >= 0.6 is 22.6 Å². The van der Waals surface area contributed by atoms with Crippen molar-refractivity contribution in [3.8, 4) is 0 Å². The normalized spacial score (nSPS) is 12.2. The average Bonchev–Trinajstić information content (AvgIpc) is 2.42. The molecule has 0 amide bonds. The van der Waals surface area contributed by atoms with Crippen LogP contribution in [0.25, 0.3) is 0 Å². The molecule has 0 aliphatic carbocycles. The second-order valence-electron chi connectivity index (χ2n) is 4.16. The summed E-state index contributed by atoms with van der Waals surface area (Å²) in [6.45, 7) is 0.272. The summed E-state index contributed by atoms with van der Waals surface area (Å²) < 4.78 is 13.9. The van der Waals surface area contributed by atoms with Gasteiger partial charge < -0.3 is 16.2 Å². The van der Waals surface area contributed by atoms with Crippen molar-refractivity contribution in [2.75, 3.05) is 17.6 Å². The maximum atomic E-state index is 13.4. The molecule has 4 N–H and O–H groups in total. The highest BCUT2D eigenvalue weighted by atomic mass is 127. The van der Waals surface area contributed by atoms with Crippen LogP contribution in [0.4, 0.5) is 15.8 Å². The Morgan fingerprint density at radius 1 is 1.26 bits per heavy atom. The lowest BCUT2D eigenvalue weighted by molar-refractivity contribution is 0.191. The van der Waals surface area contributed by atoms with Crippen LogP contribution in [0.1, 0.15) is 11.7 Å². The first kappa shape index (κ1) is 14.1. The van der Waals surface area contributed by atoms with Gasteiger partial charge in [0.2, 0.25) is 0 Å². The van der Waals surface area contributed by atoms with E-state index in [1.807, 2.05) is 52.9 Å². The largest absolute Gasteiger partial charge is 0.397 e. The van der Waals surface area contributed by atoms with E-state index in [9.17, 15) is 9.50 Å². The molecule has 1 atom stereocenters. The minimum atomic E-state index is -0.664. The van der Waals surface area contributed by atoms with Crippen LogP contribution in [0.2, 0.25) is 0 Å². The van der Waals surface area contributed by atoms with Crippen molar-refractivity contribution in [3.63, 3.8) is 0 Å². The van der Waals surface area contributed by atoms with Gasteiger partial charge in [0.25, 0.3) is 0 Å². The molecule has 2 rings (SSSR count). The summed E-state index contributed by atoms with van der Waals surface area (Å²) >= 11 is 1.89. The van der Waals surface area contributed by atoms with Crippen LogP contribution in [-0.2, 0) is 0 Å². The zero-order valence-electron chi connectivity index (χ0n) is 10.1. The SMILES string of the molecule is Nc1cc(I)c(F)cc1NCC(O)c1ccccc1. The fourth-order valence-corrected chi connectivity index (χ4v) is 2.21. The Bertz CT molecular complexity index is 563. The molecule has 1 unspecified atom stereocenters. The number of benzene rings is 2. The minimum Gasteiger partial charge on any atom is -0.397 e. The third kappa shape index (κ3) is 3.57. The molecule has 0 saturated carbocycles. The second-order valence-corrected chi connectivity index (χ2v) is 5.32. The summed E-state index contributed by atoms with van der Waals surface area (Å²) in [6, 6.07) is 12.2. The van der Waals surface area contributed by atoms with Gasteiger partial charge in [0, 0.05) is 12.6 Å². The minimum absolute atomic E-state index is 0.272. The van der Waals surface area contributed by atoms with Crippen LogP contribution in [0.15, 0.2) is 42.5 Å². The standard InChI is InChI=1S/C14H14FIN2O/c15-10-6-13(12(17)7-11(10)16)18-8-14(19)9-4-2-1-3-5-9/h1-7,14,18-19H,8,17H2. The van der Waals surface area contributed by atoms with E-state index < -0.39 is 6.10 Å². The third-order valence-electron chi connectivity index (χ3n) is 2.76. The molecule has 0 heterocycles. The van der Waals surface area contributed by atoms with E-state index in [0.717, 1.165) is 5.56 Å². The molecule has 19 heavy (non-hydrogen) atoms. The quantitative estimate of drug-likeness (QED) is 0.571. The summed E-state index contributed by atoms with van der Waals surface area (Å²) in [6.07, 6.45) is -0.664. The molecular formula is C14H14FIN2O. The molecular weight excluding hydrogens is 358 g/mol. The Kier molecular flexibility index (Phi) is 4.60. The maximum Gasteiger partial charge on any atom is 0.138 e. The van der Waals surface area contributed by atoms with Gasteiger partial charge in [-0.25, -0.2) is 4.39 Å². The van der Waals surface area contributed by atoms with E-state index >= 15 is 0 Å². The van der Waals surface area contributed by atoms with E-state index in [-0.39, 0.29) is 12.4 Å². The lowest BCUT2D eigenvalue weighted by atomic mass is 10.1. The van der Waals surface area contributed by atoms with Crippen LogP contribution in [0.3, 0.4) is 0 Å². The van der Waals surface area contributed by atoms with Gasteiger partial charge in [-0.3, -0.25) is 0 Å². The molecule has 5 heteroatoms. The smallest absolute Gasteiger partial charge is 0.138 e. The van der Waals surface area contributed by atoms with Crippen molar-refractivity contribution < 1.29 is 9.50 Å². The van der Waals surface area contributed by atoms with Crippen molar-refractivity contribution in [2.45, 2.75) is 6.10 Å². The first-order valence-corrected chi connectivity index (χ1v) is 6.87. The molecule has 0 aliphatic heterocycles. The molecule has 2 aromatic carbocycles. The number of aliphatic hydroxyl groups excluding tert-OH is 1. The molecule has 0 saturated heterocycles. The number of halogens is 2. The van der Waals surface area contributed by atoms with Gasteiger partial charge >= 0.3 is 0 Å². The van der Waals surface area contributed by atoms with Crippen LogP contribution < -0.4 is 11.1 Å². The topological polar surface area (TPSA) is 58.3 Å². The molecule has 0 spiro atoms. The van der Waals surface area contributed by atoms with Crippen molar-refractivity contribution in [1.82, 2.24) is 0 Å². The van der Waals surface area contributed by atoms with Crippen LogP contribution in [-0.4, -0.2) is 11.7 Å². The predicted octanol–water partition coefficient (Wildman–Crippen LogP) is 3.16. The number of nitrogens with one attached hydrogen (secondary N) is 1. The number of hydrogen-bond donors (Lipinski definition) is 3. The summed E-state index contributed by atoms with van der Waals surface area (Å²) in [5.74, 6) is -0.327. The first-order valence-electron chi connectivity index (χ1n) is 5.79. The highest BCUT2D eigenvalue weighted by molar-refractivity contribution is 14.1. The zero-order valence-corrected chi connectivity index (χ0v) is 12.3. The number of nitrogens with two attached hydrogens (primary N) is 1. The van der Waals surface area contributed by atoms with Crippen molar-refractivity contribution in [1.29, 1.82) is 0 Å². The van der Waals surface area contributed by atoms with Gasteiger partial charge in [-0.15, -0.1) is 0 Å². The van der Waals surface area contributed by atoms with Gasteiger partial charge in [0.1, 0.15) is 5.82 Å². The lowest BCUT2D eigenvalue weighted by Crippen LogP contribution is -2.13. The summed E-state index contributed by atoms with van der Waals surface area (Å²) in [4.78, 5) is 0. The van der Waals surface area contributed by atoms with Crippen molar-refractivity contribution in [2.24, 2.45) is 0 Å². The van der Waals surface area contributed by atoms with E-state index in [0.29, 0.717) is 14.9 Å². The summed E-state index contributed by atoms with van der Waals surface area (Å²) in [5.41, 5.74) is 7.56. The highest BCUT2D eigenvalue weighted by Crippen LogP contribution is 2.24. The van der Waals surface area contributed by atoms with E-state index in [2.05, 4.69) is 5.32 Å². The Morgan fingerprint density at radius 3 is 2.63 bits per heavy atom. The van der Waals surface area contributed by atoms with Gasteiger partial charge in [-0.05, 0) is 34.2 Å². The summed E-state index contributed by atoms with van der Waals surface area (Å²) in [7, 11) is 0. The van der Waals surface area contributed by atoms with Gasteiger partial charge in [0.15, 0.2) is 0 Å². The predicted molar refractivity (Wildman–Crippen MR) is 83.4 cm³/mol. The fourth-order valence-electron chi connectivity index (χ4n) is 1.71. The Balaban J connectivity index is 2.05. The molecule has 0 aliphatic rings. The Morgan fingerprint density at radius 2 is 1.95 bits per heavy atom. The van der Waals surface area contributed by atoms with Crippen LogP contribution in [0, 0.1) is 9.39 Å². The van der Waals surface area contributed by atoms with Gasteiger partial charge in [-0.2, -0.15) is 0 Å². The number of aliphatic hydroxyl groups is 1. The number of hydrogen-bond acceptors (Lipinski definition) is 3. The maximum absolute atomic E-state index is 13.4. The third-order valence-corrected chi connectivity index (χ3v) is 3.59. The molecule has 2 aromatic rings. The monoisotopic (exact) mass is 372 g/mol. The van der Waals surface area contributed by atoms with Crippen LogP contribution in [0.5, 0.6) is 0 Å². The average molecular weight is 372 g/mol. The Hall–Kier alpha value is -1.34. The number of anilines is 2. The van der Waals surface area contributed by atoms with E-state index in [1.165, 1.54) is 6.07 Å². The number of nitrogen functional groups attached to an aromatic ring is 1. The van der Waals surface area contributed by atoms with E-state index in [1.54, 1.807) is 6.07 Å². The zero-order chi connectivity index (χ0) is 13.8. The molecule has 0 fully saturated rings. The molecule has 0 bridgehead atoms. The van der Waals surface area contributed by atoms with E-state index in [4.69, 9.17) is 5.73 Å². The molecule has 0 aromatic heterocycles. The first-order chi connectivity index (χ1) is 9.08. The second kappa shape index (κ2) is 6.21. The fraction of sp³-hybridized carbons (Fsp3) is 0.143. The molecule has 100 valence electrons. The van der Waals surface area contributed by atoms with Crippen molar-refractivity contribution in [3.05, 3.63) is 57.4 Å². The number of rotatable bonds is 4. The van der Waals surface area contributed by atoms with Gasteiger partial charge in [-0.1, -0.05) is 30.3 Å². The lowest BCUT2D eigenvalue weighted by Gasteiger charge is -2.15. The summed E-state index contributed by atoms with van der Waals surface area (Å²) in [5, 5.41) is 13.0. The molecule has 3 nitrogen and oxygen atoms in total. The van der Waals surface area contributed by atoms with Gasteiger partial charge in [0.05, 0.1) is 21.0 Å². The highest BCUT2D eigenvalue weighted by Gasteiger charge is 2.09. The Labute approximate surface area is 124 Å².